The summed E-state index contributed by atoms with van der Waals surface area (Å²) in [6.07, 6.45) is 8.69. The van der Waals surface area contributed by atoms with Gasteiger partial charge >= 0.3 is 0 Å². The molecule has 3 rings (SSSR count). The summed E-state index contributed by atoms with van der Waals surface area (Å²) in [5, 5.41) is 6.73. The van der Waals surface area contributed by atoms with E-state index < -0.39 is 0 Å². The molecule has 2 saturated heterocycles. The van der Waals surface area contributed by atoms with E-state index in [-0.39, 0.29) is 5.54 Å². The Morgan fingerprint density at radius 1 is 0.963 bits per heavy atom. The van der Waals surface area contributed by atoms with Crippen LogP contribution in [0.4, 0.5) is 0 Å². The van der Waals surface area contributed by atoms with Crippen LogP contribution in [0.3, 0.4) is 0 Å². The number of hydrogen-bond acceptors (Lipinski definition) is 5. The second kappa shape index (κ2) is 11.7. The molecule has 0 aromatic heterocycles. The minimum absolute atomic E-state index is 0.289. The molecule has 0 aromatic carbocycles. The molecule has 27 heavy (non-hydrogen) atoms. The lowest BCUT2D eigenvalue weighted by Gasteiger charge is -2.49. The molecule has 0 radical (unpaired) electrons. The van der Waals surface area contributed by atoms with Gasteiger partial charge in [0.05, 0.1) is 12.2 Å². The molecule has 0 unspecified atom stereocenters. The Bertz CT molecular complexity index is 390. The lowest BCUT2D eigenvalue weighted by Crippen LogP contribution is -2.61. The summed E-state index contributed by atoms with van der Waals surface area (Å²) in [7, 11) is 2.05. The van der Waals surface area contributed by atoms with Crippen LogP contribution in [0.1, 0.15) is 66.2 Å². The zero-order valence-electron chi connectivity index (χ0n) is 18.7. The van der Waals surface area contributed by atoms with Gasteiger partial charge in [-0.3, -0.25) is 9.80 Å². The monoisotopic (exact) mass is 382 g/mol. The summed E-state index contributed by atoms with van der Waals surface area (Å²) in [4.78, 5) is 5.29. The molecule has 5 nitrogen and oxygen atoms in total. The number of rotatable bonds is 6. The molecule has 5 heteroatoms. The molecule has 160 valence electrons. The van der Waals surface area contributed by atoms with Crippen LogP contribution in [0.25, 0.3) is 0 Å². The first-order chi connectivity index (χ1) is 13.1. The third kappa shape index (κ3) is 7.28. The highest BCUT2D eigenvalue weighted by Crippen LogP contribution is 2.31. The Hall–Kier alpha value is -0.200. The number of hydrogen-bond donors (Lipinski definition) is 2. The number of piperidine rings is 1. The predicted octanol–water partition coefficient (Wildman–Crippen LogP) is 2.91. The minimum atomic E-state index is 0.289. The molecule has 2 heterocycles. The SMILES string of the molecule is CC.CNCN1CCN(CC2CCC(OC3CCNCC3)CC2)C(C)(C)C1. The summed E-state index contributed by atoms with van der Waals surface area (Å²) in [6, 6.07) is 0. The van der Waals surface area contributed by atoms with E-state index in [1.54, 1.807) is 0 Å². The largest absolute Gasteiger partial charge is 0.375 e. The van der Waals surface area contributed by atoms with Crippen molar-refractivity contribution in [3.05, 3.63) is 0 Å². The zero-order chi connectivity index (χ0) is 19.7. The molecule has 0 atom stereocenters. The maximum Gasteiger partial charge on any atom is 0.0603 e. The molecule has 3 fully saturated rings. The Morgan fingerprint density at radius 2 is 1.59 bits per heavy atom. The zero-order valence-corrected chi connectivity index (χ0v) is 18.7. The smallest absolute Gasteiger partial charge is 0.0603 e. The first-order valence-corrected chi connectivity index (χ1v) is 11.5. The topological polar surface area (TPSA) is 39.8 Å². The van der Waals surface area contributed by atoms with Crippen LogP contribution in [0.5, 0.6) is 0 Å². The van der Waals surface area contributed by atoms with Crippen molar-refractivity contribution >= 4 is 0 Å². The van der Waals surface area contributed by atoms with Gasteiger partial charge in [-0.05, 0) is 78.4 Å². The molecular weight excluding hydrogens is 336 g/mol. The second-order valence-corrected chi connectivity index (χ2v) is 9.05. The third-order valence-electron chi connectivity index (χ3n) is 6.48. The lowest BCUT2D eigenvalue weighted by molar-refractivity contribution is -0.0548. The first-order valence-electron chi connectivity index (χ1n) is 11.5. The lowest BCUT2D eigenvalue weighted by atomic mass is 9.85. The van der Waals surface area contributed by atoms with Crippen LogP contribution in [0.15, 0.2) is 0 Å². The van der Waals surface area contributed by atoms with E-state index >= 15 is 0 Å². The van der Waals surface area contributed by atoms with Crippen molar-refractivity contribution in [3.8, 4) is 0 Å². The highest BCUT2D eigenvalue weighted by atomic mass is 16.5. The molecule has 1 aliphatic carbocycles. The van der Waals surface area contributed by atoms with Crippen molar-refractivity contribution in [2.24, 2.45) is 5.92 Å². The predicted molar refractivity (Wildman–Crippen MR) is 115 cm³/mol. The van der Waals surface area contributed by atoms with E-state index in [2.05, 4.69) is 34.3 Å². The van der Waals surface area contributed by atoms with Crippen molar-refractivity contribution in [1.82, 2.24) is 20.4 Å². The maximum atomic E-state index is 6.39. The molecule has 0 aromatic rings. The number of nitrogens with one attached hydrogen (secondary N) is 2. The van der Waals surface area contributed by atoms with E-state index in [1.165, 1.54) is 64.7 Å². The van der Waals surface area contributed by atoms with E-state index in [0.717, 1.165) is 25.7 Å². The van der Waals surface area contributed by atoms with Gasteiger partial charge in [0.15, 0.2) is 0 Å². The van der Waals surface area contributed by atoms with Gasteiger partial charge < -0.3 is 15.4 Å². The van der Waals surface area contributed by atoms with Gasteiger partial charge in [-0.25, -0.2) is 0 Å². The minimum Gasteiger partial charge on any atom is -0.375 e. The summed E-state index contributed by atoms with van der Waals surface area (Å²) in [5.41, 5.74) is 0.289. The van der Waals surface area contributed by atoms with Gasteiger partial charge in [-0.15, -0.1) is 0 Å². The molecule has 0 bridgehead atoms. The van der Waals surface area contributed by atoms with Gasteiger partial charge in [0.1, 0.15) is 0 Å². The summed E-state index contributed by atoms with van der Waals surface area (Å²) in [6.45, 7) is 17.0. The average Bonchev–Trinajstić information content (AvgIpc) is 2.68. The Labute approximate surface area is 168 Å². The van der Waals surface area contributed by atoms with E-state index in [0.29, 0.717) is 12.2 Å². The van der Waals surface area contributed by atoms with E-state index in [1.807, 2.05) is 20.9 Å². The Balaban J connectivity index is 0.00000126. The summed E-state index contributed by atoms with van der Waals surface area (Å²) < 4.78 is 6.39. The molecule has 1 saturated carbocycles. The molecular formula is C22H46N4O. The number of piperazine rings is 1. The van der Waals surface area contributed by atoms with Crippen LogP contribution in [-0.2, 0) is 4.74 Å². The van der Waals surface area contributed by atoms with Crippen molar-refractivity contribution in [3.63, 3.8) is 0 Å². The Morgan fingerprint density at radius 3 is 2.19 bits per heavy atom. The van der Waals surface area contributed by atoms with Gasteiger partial charge in [0.2, 0.25) is 0 Å². The normalized spacial score (nSPS) is 30.6. The standard InChI is InChI=1S/C20H40N4O.C2H6/c1-20(2)15-23(16-21-3)12-13-24(20)14-17-4-6-18(7-5-17)25-19-8-10-22-11-9-19;1-2/h17-19,21-22H,4-16H2,1-3H3;1-2H3. The van der Waals surface area contributed by atoms with Gasteiger partial charge in [-0.1, -0.05) is 13.8 Å². The molecule has 2 N–H and O–H groups in total. The fourth-order valence-corrected chi connectivity index (χ4v) is 4.95. The van der Waals surface area contributed by atoms with E-state index in [9.17, 15) is 0 Å². The van der Waals surface area contributed by atoms with Crippen molar-refractivity contribution in [2.45, 2.75) is 84.0 Å². The molecule has 0 amide bonds. The van der Waals surface area contributed by atoms with Gasteiger partial charge in [-0.2, -0.15) is 0 Å². The highest BCUT2D eigenvalue weighted by molar-refractivity contribution is 4.91. The molecule has 3 aliphatic rings. The average molecular weight is 383 g/mol. The fourth-order valence-electron chi connectivity index (χ4n) is 4.95. The van der Waals surface area contributed by atoms with Crippen molar-refractivity contribution in [1.29, 1.82) is 0 Å². The van der Waals surface area contributed by atoms with Crippen LogP contribution in [0.2, 0.25) is 0 Å². The third-order valence-corrected chi connectivity index (χ3v) is 6.48. The fraction of sp³-hybridized carbons (Fsp3) is 1.00. The summed E-state index contributed by atoms with van der Waals surface area (Å²) >= 11 is 0. The second-order valence-electron chi connectivity index (χ2n) is 9.05. The molecule has 2 aliphatic heterocycles. The van der Waals surface area contributed by atoms with Crippen molar-refractivity contribution in [2.75, 3.05) is 53.0 Å². The number of nitrogens with zero attached hydrogens (tertiary/aromatic N) is 2. The number of ether oxygens (including phenoxy) is 1. The Kier molecular flexibility index (Phi) is 10.0. The maximum absolute atomic E-state index is 6.39. The quantitative estimate of drug-likeness (QED) is 0.739. The van der Waals surface area contributed by atoms with Crippen LogP contribution in [0, 0.1) is 5.92 Å². The highest BCUT2D eigenvalue weighted by Gasteiger charge is 2.35. The van der Waals surface area contributed by atoms with Crippen molar-refractivity contribution < 1.29 is 4.74 Å². The van der Waals surface area contributed by atoms with E-state index in [4.69, 9.17) is 4.74 Å². The van der Waals surface area contributed by atoms with Gasteiger partial charge in [0.25, 0.3) is 0 Å². The van der Waals surface area contributed by atoms with Crippen LogP contribution in [-0.4, -0.2) is 80.5 Å². The van der Waals surface area contributed by atoms with Crippen LogP contribution >= 0.6 is 0 Å². The van der Waals surface area contributed by atoms with Crippen LogP contribution < -0.4 is 10.6 Å². The first kappa shape index (κ1) is 23.1. The molecule has 0 spiro atoms. The van der Waals surface area contributed by atoms with Gasteiger partial charge in [0, 0.05) is 38.4 Å². The summed E-state index contributed by atoms with van der Waals surface area (Å²) in [5.74, 6) is 0.864.